The maximum atomic E-state index is 6.01. The van der Waals surface area contributed by atoms with Crippen LogP contribution in [0, 0.1) is 0 Å². The first-order valence-corrected chi connectivity index (χ1v) is 6.25. The lowest BCUT2D eigenvalue weighted by atomic mass is 10.1. The Hall–Kier alpha value is -1.64. The highest BCUT2D eigenvalue weighted by atomic mass is 16.6. The average Bonchev–Trinajstić information content (AvgIpc) is 3.26. The molecule has 0 bridgehead atoms. The van der Waals surface area contributed by atoms with Crippen LogP contribution in [0.3, 0.4) is 0 Å². The first-order valence-electron chi connectivity index (χ1n) is 6.25. The van der Waals surface area contributed by atoms with Gasteiger partial charge in [-0.2, -0.15) is 0 Å². The summed E-state index contributed by atoms with van der Waals surface area (Å²) in [6, 6.07) is 20.5. The smallest absolute Gasteiger partial charge is 0.111 e. The maximum Gasteiger partial charge on any atom is 0.111 e. The van der Waals surface area contributed by atoms with E-state index in [0.29, 0.717) is 6.61 Å². The molecular formula is C16H16O2. The summed E-state index contributed by atoms with van der Waals surface area (Å²) in [5.74, 6) is 0. The molecule has 0 radical (unpaired) electrons. The number of rotatable bonds is 5. The zero-order chi connectivity index (χ0) is 12.2. The third-order valence-corrected chi connectivity index (χ3v) is 3.10. The fourth-order valence-corrected chi connectivity index (χ4v) is 2.05. The lowest BCUT2D eigenvalue weighted by Crippen LogP contribution is -2.10. The predicted molar refractivity (Wildman–Crippen MR) is 70.2 cm³/mol. The summed E-state index contributed by atoms with van der Waals surface area (Å²) in [7, 11) is 0. The van der Waals surface area contributed by atoms with E-state index in [4.69, 9.17) is 9.47 Å². The third-order valence-electron chi connectivity index (χ3n) is 3.10. The summed E-state index contributed by atoms with van der Waals surface area (Å²) in [5, 5.41) is 0. The van der Waals surface area contributed by atoms with Crippen molar-refractivity contribution in [3.8, 4) is 0 Å². The van der Waals surface area contributed by atoms with Gasteiger partial charge >= 0.3 is 0 Å². The molecule has 0 spiro atoms. The van der Waals surface area contributed by atoms with E-state index in [1.165, 1.54) is 11.1 Å². The van der Waals surface area contributed by atoms with Gasteiger partial charge in [0.15, 0.2) is 0 Å². The minimum absolute atomic E-state index is 0.0476. The third kappa shape index (κ3) is 2.78. The molecule has 2 heteroatoms. The van der Waals surface area contributed by atoms with E-state index in [9.17, 15) is 0 Å². The Morgan fingerprint density at radius 1 is 1.00 bits per heavy atom. The maximum absolute atomic E-state index is 6.01. The Bertz CT molecular complexity index is 477. The summed E-state index contributed by atoms with van der Waals surface area (Å²) in [6.07, 6.45) is 0.266. The Morgan fingerprint density at radius 3 is 2.22 bits per heavy atom. The standard InChI is InChI=1S/C16H16O2/c1-3-7-13(8-4-1)11-18-16(15-12-17-15)14-9-5-2-6-10-14/h1-10,15-16H,11-12H2/t15-,16-/m1/s1. The molecule has 0 unspecified atom stereocenters. The number of epoxide rings is 1. The van der Waals surface area contributed by atoms with Crippen molar-refractivity contribution in [3.63, 3.8) is 0 Å². The molecule has 1 saturated heterocycles. The fourth-order valence-electron chi connectivity index (χ4n) is 2.05. The van der Waals surface area contributed by atoms with Gasteiger partial charge in [-0.3, -0.25) is 0 Å². The zero-order valence-corrected chi connectivity index (χ0v) is 10.2. The number of benzene rings is 2. The fraction of sp³-hybridized carbons (Fsp3) is 0.250. The molecule has 2 aromatic rings. The lowest BCUT2D eigenvalue weighted by Gasteiger charge is -2.16. The van der Waals surface area contributed by atoms with Crippen LogP contribution in [0.15, 0.2) is 60.7 Å². The molecule has 1 aliphatic heterocycles. The van der Waals surface area contributed by atoms with E-state index >= 15 is 0 Å². The quantitative estimate of drug-likeness (QED) is 0.748. The van der Waals surface area contributed by atoms with Crippen molar-refractivity contribution >= 4 is 0 Å². The Labute approximate surface area is 107 Å². The number of hydrogen-bond acceptors (Lipinski definition) is 2. The van der Waals surface area contributed by atoms with Gasteiger partial charge in [0.25, 0.3) is 0 Å². The normalized spacial score (nSPS) is 19.4. The summed E-state index contributed by atoms with van der Waals surface area (Å²) < 4.78 is 11.4. The van der Waals surface area contributed by atoms with E-state index in [0.717, 1.165) is 6.61 Å². The van der Waals surface area contributed by atoms with E-state index in [1.54, 1.807) is 0 Å². The highest BCUT2D eigenvalue weighted by Crippen LogP contribution is 2.31. The SMILES string of the molecule is c1ccc(CO[C@H](c2ccccc2)[C@H]2CO2)cc1. The molecule has 0 aromatic heterocycles. The van der Waals surface area contributed by atoms with Crippen molar-refractivity contribution in [2.75, 3.05) is 6.61 Å². The molecule has 3 rings (SSSR count). The van der Waals surface area contributed by atoms with Gasteiger partial charge in [0, 0.05) is 0 Å². The predicted octanol–water partition coefficient (Wildman–Crippen LogP) is 3.34. The average molecular weight is 240 g/mol. The Balaban J connectivity index is 1.68. The van der Waals surface area contributed by atoms with Gasteiger partial charge in [-0.25, -0.2) is 0 Å². The van der Waals surface area contributed by atoms with Crippen LogP contribution in [0.25, 0.3) is 0 Å². The minimum Gasteiger partial charge on any atom is -0.370 e. The van der Waals surface area contributed by atoms with Crippen molar-refractivity contribution in [2.45, 2.75) is 18.8 Å². The highest BCUT2D eigenvalue weighted by molar-refractivity contribution is 5.20. The van der Waals surface area contributed by atoms with Crippen LogP contribution in [-0.4, -0.2) is 12.7 Å². The molecule has 0 amide bonds. The first kappa shape index (κ1) is 11.5. The minimum atomic E-state index is 0.0476. The summed E-state index contributed by atoms with van der Waals surface area (Å²) in [6.45, 7) is 1.43. The molecule has 1 heterocycles. The second-order valence-corrected chi connectivity index (χ2v) is 4.50. The molecular weight excluding hydrogens is 224 g/mol. The van der Waals surface area contributed by atoms with E-state index < -0.39 is 0 Å². The van der Waals surface area contributed by atoms with Gasteiger partial charge < -0.3 is 9.47 Å². The van der Waals surface area contributed by atoms with Gasteiger partial charge in [0.1, 0.15) is 12.2 Å². The number of ether oxygens (including phenoxy) is 2. The number of hydrogen-bond donors (Lipinski definition) is 0. The molecule has 2 nitrogen and oxygen atoms in total. The van der Waals surface area contributed by atoms with Crippen molar-refractivity contribution < 1.29 is 9.47 Å². The molecule has 0 N–H and O–H groups in total. The van der Waals surface area contributed by atoms with Crippen LogP contribution in [0.2, 0.25) is 0 Å². The molecule has 0 aliphatic carbocycles. The molecule has 92 valence electrons. The van der Waals surface area contributed by atoms with Crippen LogP contribution in [-0.2, 0) is 16.1 Å². The summed E-state index contributed by atoms with van der Waals surface area (Å²) in [4.78, 5) is 0. The molecule has 1 aliphatic rings. The monoisotopic (exact) mass is 240 g/mol. The van der Waals surface area contributed by atoms with Crippen LogP contribution in [0.5, 0.6) is 0 Å². The van der Waals surface area contributed by atoms with Crippen molar-refractivity contribution in [2.24, 2.45) is 0 Å². The highest BCUT2D eigenvalue weighted by Gasteiger charge is 2.34. The molecule has 2 aromatic carbocycles. The lowest BCUT2D eigenvalue weighted by molar-refractivity contribution is 0.0203. The topological polar surface area (TPSA) is 21.8 Å². The van der Waals surface area contributed by atoms with Gasteiger partial charge in [0.05, 0.1) is 13.2 Å². The van der Waals surface area contributed by atoms with Gasteiger partial charge in [-0.1, -0.05) is 60.7 Å². The molecule has 0 saturated carbocycles. The first-order chi connectivity index (χ1) is 8.93. The van der Waals surface area contributed by atoms with Gasteiger partial charge in [-0.05, 0) is 11.1 Å². The summed E-state index contributed by atoms with van der Waals surface area (Å²) >= 11 is 0. The molecule has 2 atom stereocenters. The zero-order valence-electron chi connectivity index (χ0n) is 10.2. The summed E-state index contributed by atoms with van der Waals surface area (Å²) in [5.41, 5.74) is 2.38. The van der Waals surface area contributed by atoms with Crippen LogP contribution < -0.4 is 0 Å². The van der Waals surface area contributed by atoms with Crippen molar-refractivity contribution in [3.05, 3.63) is 71.8 Å². The molecule has 1 fully saturated rings. The molecule has 18 heavy (non-hydrogen) atoms. The Morgan fingerprint density at radius 2 is 1.61 bits per heavy atom. The van der Waals surface area contributed by atoms with Crippen LogP contribution in [0.1, 0.15) is 17.2 Å². The second kappa shape index (κ2) is 5.34. The van der Waals surface area contributed by atoms with Crippen molar-refractivity contribution in [1.29, 1.82) is 0 Å². The Kier molecular flexibility index (Phi) is 3.40. The largest absolute Gasteiger partial charge is 0.370 e. The van der Waals surface area contributed by atoms with E-state index in [-0.39, 0.29) is 12.2 Å². The van der Waals surface area contributed by atoms with E-state index in [2.05, 4.69) is 24.3 Å². The van der Waals surface area contributed by atoms with Gasteiger partial charge in [-0.15, -0.1) is 0 Å². The van der Waals surface area contributed by atoms with E-state index in [1.807, 2.05) is 36.4 Å². The second-order valence-electron chi connectivity index (χ2n) is 4.50. The van der Waals surface area contributed by atoms with Crippen LogP contribution in [0.4, 0.5) is 0 Å². The van der Waals surface area contributed by atoms with Crippen molar-refractivity contribution in [1.82, 2.24) is 0 Å². The van der Waals surface area contributed by atoms with Gasteiger partial charge in [0.2, 0.25) is 0 Å². The van der Waals surface area contributed by atoms with Crippen LogP contribution >= 0.6 is 0 Å².